The molecule has 0 saturated carbocycles. The van der Waals surface area contributed by atoms with Crippen LogP contribution in [-0.2, 0) is 29.8 Å². The topological polar surface area (TPSA) is 21.7 Å². The molecule has 0 aromatic heterocycles. The van der Waals surface area contributed by atoms with Gasteiger partial charge in [0, 0.05) is 0 Å². The molecule has 0 unspecified atom stereocenters. The van der Waals surface area contributed by atoms with Crippen molar-refractivity contribution in [2.24, 2.45) is 5.41 Å². The van der Waals surface area contributed by atoms with Gasteiger partial charge in [0.25, 0.3) is 0 Å². The zero-order valence-electron chi connectivity index (χ0n) is 17.5. The van der Waals surface area contributed by atoms with Gasteiger partial charge in [-0.15, -0.1) is 0 Å². The van der Waals surface area contributed by atoms with Crippen LogP contribution in [0.15, 0.2) is 24.3 Å². The van der Waals surface area contributed by atoms with Gasteiger partial charge < -0.3 is 0 Å². The summed E-state index contributed by atoms with van der Waals surface area (Å²) < 4.78 is 16.1. The van der Waals surface area contributed by atoms with Gasteiger partial charge in [-0.3, -0.25) is 0 Å². The molecule has 4 rings (SSSR count). The third-order valence-corrected chi connectivity index (χ3v) is 50.6. The summed E-state index contributed by atoms with van der Waals surface area (Å²) in [5, 5.41) is 0. The minimum atomic E-state index is -2.56. The van der Waals surface area contributed by atoms with Crippen molar-refractivity contribution >= 4 is 75.3 Å². The normalized spacial score (nSPS) is 30.3. The first kappa shape index (κ1) is 24.5. The van der Waals surface area contributed by atoms with Gasteiger partial charge in [-0.25, -0.2) is 0 Å². The first-order valence-electron chi connectivity index (χ1n) is 10.5. The summed E-state index contributed by atoms with van der Waals surface area (Å²) >= 11 is 9.28. The Bertz CT molecular complexity index is 938. The molecule has 1 aromatic rings. The third-order valence-electron chi connectivity index (χ3n) is 5.69. The Balaban J connectivity index is 1.58. The van der Waals surface area contributed by atoms with E-state index >= 15 is 0 Å². The van der Waals surface area contributed by atoms with Gasteiger partial charge in [0.1, 0.15) is 0 Å². The Morgan fingerprint density at radius 2 is 1.77 bits per heavy atom. The van der Waals surface area contributed by atoms with E-state index in [1.54, 1.807) is 0 Å². The van der Waals surface area contributed by atoms with Gasteiger partial charge >= 0.3 is 205 Å². The fraction of sp³-hybridized carbons (Fsp3) is 0.650. The molecular weight excluding hydrogens is 605 g/mol. The van der Waals surface area contributed by atoms with E-state index in [1.807, 2.05) is 18.6 Å². The van der Waals surface area contributed by atoms with Crippen LogP contribution in [0.25, 0.3) is 0 Å². The van der Waals surface area contributed by atoms with Crippen LogP contribution in [0, 0.1) is 5.41 Å². The molecule has 30 heavy (non-hydrogen) atoms. The maximum absolute atomic E-state index is 6.37. The predicted octanol–water partition coefficient (Wildman–Crippen LogP) is 6.88. The van der Waals surface area contributed by atoms with Crippen LogP contribution in [0.3, 0.4) is 0 Å². The fourth-order valence-corrected chi connectivity index (χ4v) is 62.6. The predicted molar refractivity (Wildman–Crippen MR) is 145 cm³/mol. The van der Waals surface area contributed by atoms with E-state index in [1.165, 1.54) is 32.9 Å². The molecule has 0 aliphatic carbocycles. The average molecular weight is 635 g/mol. The standard InChI is InChI=1S/C20H30NO2PS5Te/c1-3-10-20(2)15-22-24(26,23-16-20)28-30(13-17-8-4-5-9-18(17)14-30)29-27-19(25)21-11-6-7-12-21/h4-5,8-9H,3,6-7,10-16H2,1-2H3. The molecule has 0 N–H and O–H groups in total. The number of thiocarbonyl (C=S) groups is 1. The van der Waals surface area contributed by atoms with Crippen LogP contribution in [0.5, 0.6) is 0 Å². The Labute approximate surface area is 203 Å². The van der Waals surface area contributed by atoms with Crippen molar-refractivity contribution < 1.29 is 9.05 Å². The molecule has 0 radical (unpaired) electrons. The molecule has 0 bridgehead atoms. The quantitative estimate of drug-likeness (QED) is 0.154. The van der Waals surface area contributed by atoms with Crippen molar-refractivity contribution in [3.05, 3.63) is 35.4 Å². The zero-order chi connectivity index (χ0) is 21.2. The second-order valence-electron chi connectivity index (χ2n) is 8.54. The summed E-state index contributed by atoms with van der Waals surface area (Å²) in [7, 11) is 5.88. The van der Waals surface area contributed by atoms with Crippen LogP contribution in [0.1, 0.15) is 50.7 Å². The van der Waals surface area contributed by atoms with Crippen molar-refractivity contribution in [3.63, 3.8) is 0 Å². The van der Waals surface area contributed by atoms with Crippen LogP contribution in [0.2, 0.25) is 0 Å². The van der Waals surface area contributed by atoms with E-state index in [4.69, 9.17) is 33.1 Å². The van der Waals surface area contributed by atoms with E-state index in [-0.39, 0.29) is 5.41 Å². The van der Waals surface area contributed by atoms with Gasteiger partial charge in [0.15, 0.2) is 0 Å². The maximum atomic E-state index is 6.37. The number of rotatable bonds is 3. The Morgan fingerprint density at radius 1 is 1.17 bits per heavy atom. The van der Waals surface area contributed by atoms with Crippen LogP contribution in [-0.4, -0.2) is 50.1 Å². The van der Waals surface area contributed by atoms with Gasteiger partial charge in [0.2, 0.25) is 0 Å². The summed E-state index contributed by atoms with van der Waals surface area (Å²) in [6.07, 6.45) is 4.80. The molecule has 1 aromatic carbocycles. The summed E-state index contributed by atoms with van der Waals surface area (Å²) in [5.41, 5.74) is 0.807. The number of benzene rings is 1. The van der Waals surface area contributed by atoms with Crippen molar-refractivity contribution in [1.29, 1.82) is 0 Å². The Kier molecular flexibility index (Phi) is 8.45. The minimum absolute atomic E-state index is 0.107. The average Bonchev–Trinajstić information content (AvgIpc) is 3.37. The third kappa shape index (κ3) is 5.89. The molecule has 3 nitrogen and oxygen atoms in total. The molecule has 3 aliphatic heterocycles. The summed E-state index contributed by atoms with van der Waals surface area (Å²) in [4.78, 5) is 2.37. The first-order chi connectivity index (χ1) is 14.3. The van der Waals surface area contributed by atoms with Gasteiger partial charge in [-0.2, -0.15) is 0 Å². The molecule has 0 spiro atoms. The number of fused-ring (bicyclic) bond motifs is 1. The monoisotopic (exact) mass is 637 g/mol. The van der Waals surface area contributed by atoms with Gasteiger partial charge in [0.05, 0.1) is 0 Å². The van der Waals surface area contributed by atoms with Gasteiger partial charge in [-0.1, -0.05) is 0 Å². The molecule has 3 aliphatic rings. The molecule has 2 saturated heterocycles. The number of likely N-dealkylation sites (tertiary alicyclic amines) is 1. The molecule has 10 heteroatoms. The van der Waals surface area contributed by atoms with E-state index < -0.39 is 20.3 Å². The summed E-state index contributed by atoms with van der Waals surface area (Å²) in [6.45, 7) is 8.19. The van der Waals surface area contributed by atoms with Crippen LogP contribution >= 0.6 is 44.6 Å². The zero-order valence-corrected chi connectivity index (χ0v) is 24.8. The number of nitrogens with zero attached hydrogens (tertiary/aromatic N) is 1. The van der Waals surface area contributed by atoms with E-state index in [9.17, 15) is 0 Å². The fourth-order valence-electron chi connectivity index (χ4n) is 4.03. The summed E-state index contributed by atoms with van der Waals surface area (Å²) in [5.74, 6) is 0. The number of hydrogen-bond donors (Lipinski definition) is 0. The molecular formula is C20H30NO2PS5Te. The summed E-state index contributed by atoms with van der Waals surface area (Å²) in [6, 6.07) is 8.92. The van der Waals surface area contributed by atoms with Crippen LogP contribution < -0.4 is 0 Å². The number of hydrogen-bond acceptors (Lipinski definition) is 6. The molecule has 0 atom stereocenters. The Hall–Kier alpha value is 1.39. The van der Waals surface area contributed by atoms with Crippen molar-refractivity contribution in [2.45, 2.75) is 48.5 Å². The van der Waals surface area contributed by atoms with E-state index in [0.29, 0.717) is 0 Å². The SMILES string of the molecule is CCCC1(C)COP(=S)(S#[Te]2(SSC(=S)N3CCCC3)Cc3ccccc3C2)OC1. The van der Waals surface area contributed by atoms with Crippen molar-refractivity contribution in [2.75, 3.05) is 26.3 Å². The molecule has 2 fully saturated rings. The van der Waals surface area contributed by atoms with E-state index in [0.717, 1.165) is 43.5 Å². The van der Waals surface area contributed by atoms with Crippen LogP contribution in [0.4, 0.5) is 0 Å². The Morgan fingerprint density at radius 3 is 2.33 bits per heavy atom. The second-order valence-corrected chi connectivity index (χ2v) is 39.6. The second kappa shape index (κ2) is 10.3. The molecule has 168 valence electrons. The first-order valence-corrected chi connectivity index (χ1v) is 25.9. The van der Waals surface area contributed by atoms with Crippen molar-refractivity contribution in [3.8, 4) is 0 Å². The van der Waals surface area contributed by atoms with Crippen molar-refractivity contribution in [1.82, 2.24) is 4.90 Å². The molecule has 3 heterocycles. The van der Waals surface area contributed by atoms with E-state index in [2.05, 4.69) is 51.0 Å². The van der Waals surface area contributed by atoms with Gasteiger partial charge in [-0.05, 0) is 0 Å². The molecule has 0 amide bonds.